The molecule has 0 saturated carbocycles. The molecule has 1 fully saturated rings. The van der Waals surface area contributed by atoms with Crippen LogP contribution in [0.2, 0.25) is 0 Å². The first-order valence-electron chi connectivity index (χ1n) is 9.56. The van der Waals surface area contributed by atoms with Crippen molar-refractivity contribution in [2.24, 2.45) is 4.99 Å². The van der Waals surface area contributed by atoms with Crippen molar-refractivity contribution < 1.29 is 9.21 Å². The van der Waals surface area contributed by atoms with E-state index in [1.165, 1.54) is 6.42 Å². The number of likely N-dealkylation sites (tertiary alicyclic amines) is 1. The third-order valence-electron chi connectivity index (χ3n) is 4.43. The number of benzene rings is 1. The third-order valence-corrected chi connectivity index (χ3v) is 4.43. The summed E-state index contributed by atoms with van der Waals surface area (Å²) in [6, 6.07) is 9.76. The lowest BCUT2D eigenvalue weighted by Gasteiger charge is -2.27. The number of carbonyl (C=O) groups excluding carboxylic acids is 1. The Kier molecular flexibility index (Phi) is 9.26. The summed E-state index contributed by atoms with van der Waals surface area (Å²) in [5, 5.41) is 6.28. The fourth-order valence-corrected chi connectivity index (χ4v) is 3.01. The third kappa shape index (κ3) is 6.50. The second kappa shape index (κ2) is 11.7. The van der Waals surface area contributed by atoms with Crippen molar-refractivity contribution in [1.82, 2.24) is 20.5 Å². The number of nitrogens with one attached hydrogen (secondary N) is 2. The normalized spacial score (nSPS) is 14.3. The lowest BCUT2D eigenvalue weighted by atomic mass is 10.1. The minimum absolute atomic E-state index is 0. The van der Waals surface area contributed by atoms with Crippen molar-refractivity contribution in [2.75, 3.05) is 26.2 Å². The van der Waals surface area contributed by atoms with Gasteiger partial charge in [-0.15, -0.1) is 24.0 Å². The Morgan fingerprint density at radius 1 is 1.18 bits per heavy atom. The van der Waals surface area contributed by atoms with Crippen LogP contribution in [0.25, 0.3) is 11.5 Å². The predicted molar refractivity (Wildman–Crippen MR) is 121 cm³/mol. The van der Waals surface area contributed by atoms with Gasteiger partial charge in [-0.1, -0.05) is 18.2 Å². The van der Waals surface area contributed by atoms with Gasteiger partial charge >= 0.3 is 0 Å². The van der Waals surface area contributed by atoms with Crippen molar-refractivity contribution in [3.05, 3.63) is 42.3 Å². The molecule has 0 spiro atoms. The van der Waals surface area contributed by atoms with Gasteiger partial charge in [0.15, 0.2) is 5.96 Å². The molecule has 1 aliphatic heterocycles. The number of oxazole rings is 1. The number of hydrogen-bond donors (Lipinski definition) is 2. The van der Waals surface area contributed by atoms with E-state index in [4.69, 9.17) is 4.42 Å². The van der Waals surface area contributed by atoms with E-state index in [0.717, 1.165) is 43.7 Å². The Morgan fingerprint density at radius 3 is 2.64 bits per heavy atom. The van der Waals surface area contributed by atoms with Crippen molar-refractivity contribution >= 4 is 35.8 Å². The topological polar surface area (TPSA) is 82.8 Å². The smallest absolute Gasteiger partial charge is 0.241 e. The molecule has 3 rings (SSSR count). The summed E-state index contributed by atoms with van der Waals surface area (Å²) < 4.78 is 5.54. The fourth-order valence-electron chi connectivity index (χ4n) is 3.01. The lowest BCUT2D eigenvalue weighted by molar-refractivity contribution is -0.130. The molecule has 1 aromatic carbocycles. The van der Waals surface area contributed by atoms with E-state index in [-0.39, 0.29) is 36.4 Å². The SMILES string of the molecule is CCNC(=NCc1coc(-c2ccccc2)n1)NCC(=O)N1CCCCC1.I. The van der Waals surface area contributed by atoms with Crippen LogP contribution in [0.3, 0.4) is 0 Å². The lowest BCUT2D eigenvalue weighted by Crippen LogP contribution is -2.46. The highest BCUT2D eigenvalue weighted by atomic mass is 127. The van der Waals surface area contributed by atoms with Gasteiger partial charge in [0.05, 0.1) is 13.1 Å². The zero-order valence-corrected chi connectivity index (χ0v) is 18.5. The molecular formula is C20H28IN5O2. The molecule has 1 amide bonds. The molecule has 2 N–H and O–H groups in total. The number of aliphatic imine (C=N–C) groups is 1. The maximum atomic E-state index is 12.3. The van der Waals surface area contributed by atoms with Gasteiger partial charge in [0.1, 0.15) is 12.0 Å². The molecule has 1 aliphatic rings. The van der Waals surface area contributed by atoms with Gasteiger partial charge in [-0.2, -0.15) is 0 Å². The Hall–Kier alpha value is -2.10. The summed E-state index contributed by atoms with van der Waals surface area (Å²) in [4.78, 5) is 23.2. The van der Waals surface area contributed by atoms with Crippen LogP contribution in [0.1, 0.15) is 31.9 Å². The zero-order chi connectivity index (χ0) is 18.9. The van der Waals surface area contributed by atoms with Crippen LogP contribution in [0.15, 0.2) is 46.0 Å². The average molecular weight is 497 g/mol. The van der Waals surface area contributed by atoms with Gasteiger partial charge in [0.2, 0.25) is 11.8 Å². The minimum Gasteiger partial charge on any atom is -0.444 e. The van der Waals surface area contributed by atoms with E-state index in [1.54, 1.807) is 6.26 Å². The van der Waals surface area contributed by atoms with E-state index < -0.39 is 0 Å². The number of guanidine groups is 1. The number of hydrogen-bond acceptors (Lipinski definition) is 4. The summed E-state index contributed by atoms with van der Waals surface area (Å²) in [7, 11) is 0. The van der Waals surface area contributed by atoms with Gasteiger partial charge in [0, 0.05) is 25.2 Å². The van der Waals surface area contributed by atoms with Gasteiger partial charge in [0.25, 0.3) is 0 Å². The second-order valence-electron chi connectivity index (χ2n) is 6.50. The molecule has 0 atom stereocenters. The molecule has 0 radical (unpaired) electrons. The molecule has 7 nitrogen and oxygen atoms in total. The molecule has 28 heavy (non-hydrogen) atoms. The first-order chi connectivity index (χ1) is 13.3. The van der Waals surface area contributed by atoms with Gasteiger partial charge in [-0.3, -0.25) is 4.79 Å². The van der Waals surface area contributed by atoms with Crippen LogP contribution >= 0.6 is 24.0 Å². The average Bonchev–Trinajstić information content (AvgIpc) is 3.20. The Bertz CT molecular complexity index is 757. The largest absolute Gasteiger partial charge is 0.444 e. The molecule has 0 aliphatic carbocycles. The highest BCUT2D eigenvalue weighted by Gasteiger charge is 2.16. The summed E-state index contributed by atoms with van der Waals surface area (Å²) >= 11 is 0. The maximum Gasteiger partial charge on any atom is 0.241 e. The zero-order valence-electron chi connectivity index (χ0n) is 16.2. The number of aromatic nitrogens is 1. The summed E-state index contributed by atoms with van der Waals surface area (Å²) in [5.41, 5.74) is 1.68. The molecule has 1 aromatic heterocycles. The maximum absolute atomic E-state index is 12.3. The fraction of sp³-hybridized carbons (Fsp3) is 0.450. The number of piperidine rings is 1. The van der Waals surface area contributed by atoms with Gasteiger partial charge < -0.3 is 20.0 Å². The molecular weight excluding hydrogens is 469 g/mol. The van der Waals surface area contributed by atoms with Crippen LogP contribution in [-0.4, -0.2) is 47.9 Å². The molecule has 1 saturated heterocycles. The monoisotopic (exact) mass is 497 g/mol. The Balaban J connectivity index is 0.00000280. The Morgan fingerprint density at radius 2 is 1.93 bits per heavy atom. The predicted octanol–water partition coefficient (Wildman–Crippen LogP) is 3.03. The number of carbonyl (C=O) groups is 1. The van der Waals surface area contributed by atoms with Gasteiger partial charge in [-0.05, 0) is 38.3 Å². The van der Waals surface area contributed by atoms with Crippen molar-refractivity contribution in [1.29, 1.82) is 0 Å². The molecule has 0 unspecified atom stereocenters. The number of halogens is 1. The van der Waals surface area contributed by atoms with Crippen molar-refractivity contribution in [3.63, 3.8) is 0 Å². The standard InChI is InChI=1S/C20H27N5O2.HI/c1-2-21-20(23-14-18(26)25-11-7-4-8-12-25)22-13-17-15-27-19(24-17)16-9-5-3-6-10-16;/h3,5-6,9-10,15H,2,4,7-8,11-14H2,1H3,(H2,21,22,23);1H. The van der Waals surface area contributed by atoms with Crippen LogP contribution < -0.4 is 10.6 Å². The van der Waals surface area contributed by atoms with Gasteiger partial charge in [-0.25, -0.2) is 9.98 Å². The minimum atomic E-state index is 0. The molecule has 0 bridgehead atoms. The van der Waals surface area contributed by atoms with Crippen LogP contribution in [-0.2, 0) is 11.3 Å². The van der Waals surface area contributed by atoms with Crippen molar-refractivity contribution in [2.45, 2.75) is 32.7 Å². The highest BCUT2D eigenvalue weighted by Crippen LogP contribution is 2.18. The van der Waals surface area contributed by atoms with Crippen LogP contribution in [0, 0.1) is 0 Å². The first kappa shape index (κ1) is 22.2. The van der Waals surface area contributed by atoms with E-state index in [2.05, 4.69) is 20.6 Å². The number of rotatable bonds is 6. The van der Waals surface area contributed by atoms with Crippen LogP contribution in [0.4, 0.5) is 0 Å². The highest BCUT2D eigenvalue weighted by molar-refractivity contribution is 14.0. The quantitative estimate of drug-likeness (QED) is 0.364. The number of nitrogens with zero attached hydrogens (tertiary/aromatic N) is 3. The molecule has 2 heterocycles. The van der Waals surface area contributed by atoms with E-state index in [9.17, 15) is 4.79 Å². The van der Waals surface area contributed by atoms with E-state index >= 15 is 0 Å². The van der Waals surface area contributed by atoms with Crippen molar-refractivity contribution in [3.8, 4) is 11.5 Å². The summed E-state index contributed by atoms with van der Waals surface area (Å²) in [6.07, 6.45) is 5.02. The number of amides is 1. The molecule has 152 valence electrons. The molecule has 2 aromatic rings. The summed E-state index contributed by atoms with van der Waals surface area (Å²) in [6.45, 7) is 5.05. The van der Waals surface area contributed by atoms with E-state index in [0.29, 0.717) is 18.4 Å². The van der Waals surface area contributed by atoms with E-state index in [1.807, 2.05) is 42.2 Å². The first-order valence-corrected chi connectivity index (χ1v) is 9.56. The molecule has 8 heteroatoms. The Labute approximate surface area is 183 Å². The second-order valence-corrected chi connectivity index (χ2v) is 6.50. The van der Waals surface area contributed by atoms with Crippen LogP contribution in [0.5, 0.6) is 0 Å². The summed E-state index contributed by atoms with van der Waals surface area (Å²) in [5.74, 6) is 1.30.